The number of hydrogen-bond acceptors (Lipinski definition) is 3. The molecule has 0 radical (unpaired) electrons. The van der Waals surface area contributed by atoms with Gasteiger partial charge in [-0.2, -0.15) is 4.31 Å². The fraction of sp³-hybridized carbons (Fsp3) is 0.583. The van der Waals surface area contributed by atoms with E-state index in [0.29, 0.717) is 19.0 Å². The van der Waals surface area contributed by atoms with Crippen LogP contribution in [0.1, 0.15) is 26.2 Å². The third-order valence-electron chi connectivity index (χ3n) is 2.97. The molecule has 100 valence electrons. The fourth-order valence-corrected chi connectivity index (χ4v) is 3.70. The molecule has 0 aromatic carbocycles. The number of halogens is 1. The minimum atomic E-state index is -3.43. The second-order valence-corrected chi connectivity index (χ2v) is 6.95. The summed E-state index contributed by atoms with van der Waals surface area (Å²) in [4.78, 5) is 4.05. The second-order valence-electron chi connectivity index (χ2n) is 4.62. The van der Waals surface area contributed by atoms with Crippen molar-refractivity contribution in [3.63, 3.8) is 0 Å². The van der Waals surface area contributed by atoms with Crippen LogP contribution in [0.4, 0.5) is 0 Å². The highest BCUT2D eigenvalue weighted by molar-refractivity contribution is 7.89. The van der Waals surface area contributed by atoms with Gasteiger partial charge in [0.25, 0.3) is 0 Å². The van der Waals surface area contributed by atoms with Crippen LogP contribution < -0.4 is 0 Å². The van der Waals surface area contributed by atoms with Gasteiger partial charge < -0.3 is 0 Å². The van der Waals surface area contributed by atoms with Crippen molar-refractivity contribution in [3.05, 3.63) is 23.5 Å². The van der Waals surface area contributed by atoms with Crippen molar-refractivity contribution < 1.29 is 8.42 Å². The molecule has 2 rings (SSSR count). The van der Waals surface area contributed by atoms with Crippen molar-refractivity contribution >= 4 is 21.6 Å². The van der Waals surface area contributed by atoms with Gasteiger partial charge in [-0.15, -0.1) is 0 Å². The SMILES string of the molecule is CCCN(CC1CC1)S(=O)(=O)c1ccnc(Cl)c1. The van der Waals surface area contributed by atoms with E-state index in [1.807, 2.05) is 6.92 Å². The number of pyridine rings is 1. The summed E-state index contributed by atoms with van der Waals surface area (Å²) in [5, 5.41) is 0.207. The zero-order valence-corrected chi connectivity index (χ0v) is 11.9. The predicted octanol–water partition coefficient (Wildman–Crippen LogP) is 2.55. The van der Waals surface area contributed by atoms with E-state index in [4.69, 9.17) is 11.6 Å². The quantitative estimate of drug-likeness (QED) is 0.756. The largest absolute Gasteiger partial charge is 0.244 e. The molecule has 0 amide bonds. The van der Waals surface area contributed by atoms with Gasteiger partial charge in [-0.1, -0.05) is 18.5 Å². The van der Waals surface area contributed by atoms with Gasteiger partial charge in [0, 0.05) is 19.3 Å². The van der Waals surface area contributed by atoms with E-state index in [1.165, 1.54) is 18.3 Å². The summed E-state index contributed by atoms with van der Waals surface area (Å²) in [6.07, 6.45) is 4.50. The third kappa shape index (κ3) is 3.22. The van der Waals surface area contributed by atoms with E-state index >= 15 is 0 Å². The molecule has 1 aromatic heterocycles. The molecule has 1 aliphatic rings. The van der Waals surface area contributed by atoms with Crippen molar-refractivity contribution in [2.45, 2.75) is 31.1 Å². The molecule has 0 unspecified atom stereocenters. The Bertz CT molecular complexity index is 515. The summed E-state index contributed by atoms with van der Waals surface area (Å²) in [6, 6.07) is 2.91. The fourth-order valence-electron chi connectivity index (χ4n) is 1.84. The van der Waals surface area contributed by atoms with E-state index in [-0.39, 0.29) is 10.0 Å². The lowest BCUT2D eigenvalue weighted by Crippen LogP contribution is -2.33. The molecule has 4 nitrogen and oxygen atoms in total. The standard InChI is InChI=1S/C12H17ClN2O2S/c1-2-7-15(9-10-3-4-10)18(16,17)11-5-6-14-12(13)8-11/h5-6,8,10H,2-4,7,9H2,1H3. The van der Waals surface area contributed by atoms with Crippen molar-refractivity contribution in [3.8, 4) is 0 Å². The highest BCUT2D eigenvalue weighted by Crippen LogP contribution is 2.31. The number of nitrogens with zero attached hydrogens (tertiary/aromatic N) is 2. The van der Waals surface area contributed by atoms with Crippen LogP contribution in [0.3, 0.4) is 0 Å². The van der Waals surface area contributed by atoms with Gasteiger partial charge in [0.2, 0.25) is 10.0 Å². The lowest BCUT2D eigenvalue weighted by atomic mass is 10.4. The molecule has 0 N–H and O–H groups in total. The van der Waals surface area contributed by atoms with Crippen LogP contribution >= 0.6 is 11.6 Å². The summed E-state index contributed by atoms with van der Waals surface area (Å²) in [6.45, 7) is 3.16. The minimum absolute atomic E-state index is 0.207. The topological polar surface area (TPSA) is 50.3 Å². The van der Waals surface area contributed by atoms with Crippen LogP contribution in [0.2, 0.25) is 5.15 Å². The average Bonchev–Trinajstić information content (AvgIpc) is 3.12. The van der Waals surface area contributed by atoms with Crippen LogP contribution in [-0.2, 0) is 10.0 Å². The first-order valence-electron chi connectivity index (χ1n) is 6.15. The third-order valence-corrected chi connectivity index (χ3v) is 5.04. The zero-order chi connectivity index (χ0) is 13.2. The highest BCUT2D eigenvalue weighted by atomic mass is 35.5. The first-order chi connectivity index (χ1) is 8.54. The maximum atomic E-state index is 12.5. The Morgan fingerprint density at radius 1 is 1.50 bits per heavy atom. The Morgan fingerprint density at radius 2 is 2.22 bits per heavy atom. The number of hydrogen-bond donors (Lipinski definition) is 0. The molecule has 0 bridgehead atoms. The van der Waals surface area contributed by atoms with E-state index in [2.05, 4.69) is 4.98 Å². The number of aromatic nitrogens is 1. The zero-order valence-electron chi connectivity index (χ0n) is 10.3. The second kappa shape index (κ2) is 5.55. The molecule has 0 spiro atoms. The summed E-state index contributed by atoms with van der Waals surface area (Å²) in [7, 11) is -3.43. The lowest BCUT2D eigenvalue weighted by molar-refractivity contribution is 0.395. The smallest absolute Gasteiger partial charge is 0.243 e. The summed E-state index contributed by atoms with van der Waals surface area (Å²) in [5.74, 6) is 0.531. The van der Waals surface area contributed by atoms with Crippen LogP contribution in [0, 0.1) is 5.92 Å². The highest BCUT2D eigenvalue weighted by Gasteiger charge is 2.31. The van der Waals surface area contributed by atoms with Crippen molar-refractivity contribution in [2.24, 2.45) is 5.92 Å². The van der Waals surface area contributed by atoms with Crippen LogP contribution in [0.15, 0.2) is 23.2 Å². The van der Waals surface area contributed by atoms with Crippen molar-refractivity contribution in [1.29, 1.82) is 0 Å². The first-order valence-corrected chi connectivity index (χ1v) is 7.97. The van der Waals surface area contributed by atoms with E-state index in [0.717, 1.165) is 19.3 Å². The predicted molar refractivity (Wildman–Crippen MR) is 71.0 cm³/mol. The van der Waals surface area contributed by atoms with E-state index in [1.54, 1.807) is 4.31 Å². The summed E-state index contributed by atoms with van der Waals surface area (Å²) >= 11 is 5.76. The maximum Gasteiger partial charge on any atom is 0.243 e. The van der Waals surface area contributed by atoms with Gasteiger partial charge in [0.05, 0.1) is 4.90 Å². The molecule has 18 heavy (non-hydrogen) atoms. The minimum Gasteiger partial charge on any atom is -0.244 e. The Kier molecular flexibility index (Phi) is 4.25. The molecule has 0 aliphatic heterocycles. The van der Waals surface area contributed by atoms with Gasteiger partial charge >= 0.3 is 0 Å². The first kappa shape index (κ1) is 13.8. The van der Waals surface area contributed by atoms with Crippen molar-refractivity contribution in [1.82, 2.24) is 9.29 Å². The Hall–Kier alpha value is -0.650. The summed E-state index contributed by atoms with van der Waals surface area (Å²) in [5.41, 5.74) is 0. The van der Waals surface area contributed by atoms with E-state index < -0.39 is 10.0 Å². The maximum absolute atomic E-state index is 12.5. The molecule has 0 atom stereocenters. The molecule has 1 saturated carbocycles. The van der Waals surface area contributed by atoms with Gasteiger partial charge in [-0.05, 0) is 37.3 Å². The van der Waals surface area contributed by atoms with Gasteiger partial charge in [-0.25, -0.2) is 13.4 Å². The lowest BCUT2D eigenvalue weighted by Gasteiger charge is -2.21. The monoisotopic (exact) mass is 288 g/mol. The molecular formula is C12H17ClN2O2S. The van der Waals surface area contributed by atoms with Gasteiger partial charge in [0.1, 0.15) is 5.15 Å². The van der Waals surface area contributed by atoms with Gasteiger partial charge in [0.15, 0.2) is 0 Å². The molecule has 1 fully saturated rings. The molecular weight excluding hydrogens is 272 g/mol. The normalized spacial score (nSPS) is 16.2. The molecule has 6 heteroatoms. The number of sulfonamides is 1. The van der Waals surface area contributed by atoms with Crippen LogP contribution in [-0.4, -0.2) is 30.8 Å². The molecule has 0 saturated heterocycles. The molecule has 1 aromatic rings. The Labute approximate surface area is 113 Å². The number of rotatable bonds is 6. The van der Waals surface area contributed by atoms with Crippen molar-refractivity contribution in [2.75, 3.05) is 13.1 Å². The molecule has 1 aliphatic carbocycles. The Balaban J connectivity index is 2.25. The van der Waals surface area contributed by atoms with E-state index in [9.17, 15) is 8.42 Å². The molecule has 1 heterocycles. The van der Waals surface area contributed by atoms with Gasteiger partial charge in [-0.3, -0.25) is 0 Å². The summed E-state index contributed by atoms with van der Waals surface area (Å²) < 4.78 is 26.5. The average molecular weight is 289 g/mol. The van der Waals surface area contributed by atoms with Crippen LogP contribution in [0.25, 0.3) is 0 Å². The Morgan fingerprint density at radius 3 is 2.78 bits per heavy atom. The van der Waals surface area contributed by atoms with Crippen LogP contribution in [0.5, 0.6) is 0 Å².